The normalized spacial score (nSPS) is 11.0. The summed E-state index contributed by atoms with van der Waals surface area (Å²) >= 11 is 6.34. The number of rotatable bonds is 7. The fourth-order valence-electron chi connectivity index (χ4n) is 3.41. The molecule has 0 spiro atoms. The number of benzene rings is 3. The van der Waals surface area contributed by atoms with Crippen LogP contribution in [-0.4, -0.2) is 16.8 Å². The monoisotopic (exact) mass is 467 g/mol. The Hall–Kier alpha value is -4.22. The van der Waals surface area contributed by atoms with Crippen LogP contribution in [0.25, 0.3) is 11.6 Å². The molecule has 4 rings (SSSR count). The van der Waals surface area contributed by atoms with E-state index in [1.54, 1.807) is 48.8 Å². The smallest absolute Gasteiger partial charge is 0.256 e. The highest BCUT2D eigenvalue weighted by Gasteiger charge is 2.17. The summed E-state index contributed by atoms with van der Waals surface area (Å²) in [4.78, 5) is 30.4. The number of aromatic nitrogens is 1. The molecule has 3 aromatic carbocycles. The average molecular weight is 468 g/mol. The summed E-state index contributed by atoms with van der Waals surface area (Å²) in [5, 5.41) is 6.32. The zero-order valence-corrected chi connectivity index (χ0v) is 19.0. The summed E-state index contributed by atoms with van der Waals surface area (Å²) in [7, 11) is 0. The van der Waals surface area contributed by atoms with Crippen LogP contribution in [0.3, 0.4) is 0 Å². The van der Waals surface area contributed by atoms with Gasteiger partial charge in [0.25, 0.3) is 11.8 Å². The molecule has 1 heterocycles. The van der Waals surface area contributed by atoms with Crippen molar-refractivity contribution in [1.82, 2.24) is 10.3 Å². The van der Waals surface area contributed by atoms with E-state index >= 15 is 0 Å². The van der Waals surface area contributed by atoms with E-state index in [-0.39, 0.29) is 11.8 Å². The first-order chi connectivity index (χ1) is 16.6. The SMILES string of the molecule is O=C(Nc1ccccc1C(=O)NCc1cccnc1)/C(=C/c1ccccc1Cl)c1ccccc1. The summed E-state index contributed by atoms with van der Waals surface area (Å²) in [5.74, 6) is -0.644. The molecule has 2 N–H and O–H groups in total. The second-order valence-corrected chi connectivity index (χ2v) is 7.90. The molecule has 0 bridgehead atoms. The summed E-state index contributed by atoms with van der Waals surface area (Å²) < 4.78 is 0. The van der Waals surface area contributed by atoms with Gasteiger partial charge in [0.1, 0.15) is 0 Å². The molecule has 2 amide bonds. The Labute approximate surface area is 203 Å². The highest BCUT2D eigenvalue weighted by atomic mass is 35.5. The van der Waals surface area contributed by atoms with Crippen LogP contribution >= 0.6 is 11.6 Å². The van der Waals surface area contributed by atoms with Crippen molar-refractivity contribution in [2.45, 2.75) is 6.54 Å². The van der Waals surface area contributed by atoms with E-state index in [2.05, 4.69) is 15.6 Å². The van der Waals surface area contributed by atoms with Gasteiger partial charge in [0.05, 0.1) is 11.3 Å². The Kier molecular flexibility index (Phi) is 7.48. The zero-order chi connectivity index (χ0) is 23.8. The van der Waals surface area contributed by atoms with Gasteiger partial charge in [-0.1, -0.05) is 78.3 Å². The number of pyridine rings is 1. The van der Waals surface area contributed by atoms with Crippen LogP contribution in [0.2, 0.25) is 5.02 Å². The number of hydrogen-bond acceptors (Lipinski definition) is 3. The second-order valence-electron chi connectivity index (χ2n) is 7.49. The highest BCUT2D eigenvalue weighted by Crippen LogP contribution is 2.25. The molecule has 4 aromatic rings. The number of anilines is 1. The van der Waals surface area contributed by atoms with Crippen LogP contribution in [-0.2, 0) is 11.3 Å². The molecule has 168 valence electrons. The molecule has 0 aliphatic heterocycles. The first-order valence-corrected chi connectivity index (χ1v) is 11.1. The van der Waals surface area contributed by atoms with Crippen LogP contribution in [0.5, 0.6) is 0 Å². The Morgan fingerprint density at radius 2 is 1.59 bits per heavy atom. The summed E-state index contributed by atoms with van der Waals surface area (Å²) in [6.45, 7) is 0.330. The Bertz CT molecular complexity index is 1320. The third-order valence-electron chi connectivity index (χ3n) is 5.13. The largest absolute Gasteiger partial charge is 0.348 e. The topological polar surface area (TPSA) is 71.1 Å². The maximum absolute atomic E-state index is 13.4. The highest BCUT2D eigenvalue weighted by molar-refractivity contribution is 6.34. The molecule has 0 saturated heterocycles. The first kappa shape index (κ1) is 23.0. The molecule has 0 saturated carbocycles. The average Bonchev–Trinajstić information content (AvgIpc) is 2.88. The van der Waals surface area contributed by atoms with Gasteiger partial charge in [-0.05, 0) is 47.0 Å². The van der Waals surface area contributed by atoms with Gasteiger partial charge >= 0.3 is 0 Å². The maximum atomic E-state index is 13.4. The van der Waals surface area contributed by atoms with Crippen molar-refractivity contribution >= 4 is 40.8 Å². The Morgan fingerprint density at radius 3 is 2.35 bits per heavy atom. The molecule has 6 heteroatoms. The van der Waals surface area contributed by atoms with Crippen LogP contribution in [0.4, 0.5) is 5.69 Å². The van der Waals surface area contributed by atoms with Gasteiger partial charge in [0.2, 0.25) is 0 Å². The molecule has 0 fully saturated rings. The number of hydrogen-bond donors (Lipinski definition) is 2. The number of nitrogens with one attached hydrogen (secondary N) is 2. The van der Waals surface area contributed by atoms with E-state index in [0.717, 1.165) is 16.7 Å². The van der Waals surface area contributed by atoms with Gasteiger partial charge in [0, 0.05) is 29.5 Å². The zero-order valence-electron chi connectivity index (χ0n) is 18.2. The summed E-state index contributed by atoms with van der Waals surface area (Å²) in [6, 6.07) is 27.2. The first-order valence-electron chi connectivity index (χ1n) is 10.7. The van der Waals surface area contributed by atoms with Crippen molar-refractivity contribution in [3.8, 4) is 0 Å². The van der Waals surface area contributed by atoms with Crippen molar-refractivity contribution in [2.24, 2.45) is 0 Å². The van der Waals surface area contributed by atoms with Crippen molar-refractivity contribution in [2.75, 3.05) is 5.32 Å². The fraction of sp³-hybridized carbons (Fsp3) is 0.0357. The molecule has 0 radical (unpaired) electrons. The lowest BCUT2D eigenvalue weighted by Crippen LogP contribution is -2.25. The minimum atomic E-state index is -0.348. The van der Waals surface area contributed by atoms with Crippen molar-refractivity contribution in [1.29, 1.82) is 0 Å². The lowest BCUT2D eigenvalue weighted by Gasteiger charge is -2.14. The van der Waals surface area contributed by atoms with Crippen LogP contribution < -0.4 is 10.6 Å². The predicted octanol–water partition coefficient (Wildman–Crippen LogP) is 5.84. The van der Waals surface area contributed by atoms with Gasteiger partial charge in [-0.2, -0.15) is 0 Å². The van der Waals surface area contributed by atoms with E-state index < -0.39 is 0 Å². The third kappa shape index (κ3) is 5.77. The summed E-state index contributed by atoms with van der Waals surface area (Å²) in [6.07, 6.45) is 5.12. The van der Waals surface area contributed by atoms with Crippen molar-refractivity contribution in [3.63, 3.8) is 0 Å². The third-order valence-corrected chi connectivity index (χ3v) is 5.47. The van der Waals surface area contributed by atoms with Crippen LogP contribution in [0, 0.1) is 0 Å². The molecular weight excluding hydrogens is 446 g/mol. The van der Waals surface area contributed by atoms with E-state index in [0.29, 0.717) is 28.4 Å². The lowest BCUT2D eigenvalue weighted by molar-refractivity contribution is -0.111. The number of halogens is 1. The van der Waals surface area contributed by atoms with Crippen LogP contribution in [0.15, 0.2) is 103 Å². The van der Waals surface area contributed by atoms with E-state index in [4.69, 9.17) is 11.6 Å². The Morgan fingerprint density at radius 1 is 0.853 bits per heavy atom. The molecule has 5 nitrogen and oxygen atoms in total. The van der Waals surface area contributed by atoms with Crippen LogP contribution in [0.1, 0.15) is 27.0 Å². The van der Waals surface area contributed by atoms with Crippen molar-refractivity contribution < 1.29 is 9.59 Å². The molecule has 0 atom stereocenters. The molecule has 0 unspecified atom stereocenters. The molecule has 1 aromatic heterocycles. The molecule has 34 heavy (non-hydrogen) atoms. The number of nitrogens with zero attached hydrogens (tertiary/aromatic N) is 1. The van der Waals surface area contributed by atoms with Gasteiger partial charge in [-0.15, -0.1) is 0 Å². The molecule has 0 aliphatic rings. The van der Waals surface area contributed by atoms with E-state index in [9.17, 15) is 9.59 Å². The van der Waals surface area contributed by atoms with E-state index in [1.165, 1.54) is 0 Å². The second kappa shape index (κ2) is 11.1. The quantitative estimate of drug-likeness (QED) is 0.265. The number of amides is 2. The van der Waals surface area contributed by atoms with Gasteiger partial charge in [-0.3, -0.25) is 14.6 Å². The minimum absolute atomic E-state index is 0.295. The predicted molar refractivity (Wildman–Crippen MR) is 136 cm³/mol. The Balaban J connectivity index is 1.60. The van der Waals surface area contributed by atoms with E-state index in [1.807, 2.05) is 60.7 Å². The fourth-order valence-corrected chi connectivity index (χ4v) is 3.60. The molecule has 0 aliphatic carbocycles. The lowest BCUT2D eigenvalue weighted by atomic mass is 10.0. The number of carbonyl (C=O) groups is 2. The standard InChI is InChI=1S/C28H22ClN3O2/c29-25-14-6-4-12-22(25)17-24(21-10-2-1-3-11-21)28(34)32-26-15-7-5-13-23(26)27(33)31-19-20-9-8-16-30-18-20/h1-18H,19H2,(H,31,33)(H,32,34)/b24-17+. The summed E-state index contributed by atoms with van der Waals surface area (Å²) in [5.41, 5.74) is 3.55. The number of carbonyl (C=O) groups excluding carboxylic acids is 2. The number of para-hydroxylation sites is 1. The van der Waals surface area contributed by atoms with Gasteiger partial charge < -0.3 is 10.6 Å². The minimum Gasteiger partial charge on any atom is -0.348 e. The van der Waals surface area contributed by atoms with Crippen molar-refractivity contribution in [3.05, 3.63) is 131 Å². The van der Waals surface area contributed by atoms with Gasteiger partial charge in [-0.25, -0.2) is 0 Å². The van der Waals surface area contributed by atoms with Gasteiger partial charge in [0.15, 0.2) is 0 Å². The maximum Gasteiger partial charge on any atom is 0.256 e. The molecular formula is C28H22ClN3O2.